The number of hydrogen-bond acceptors (Lipinski definition) is 5. The molecule has 0 aromatic carbocycles. The fourth-order valence-electron chi connectivity index (χ4n) is 1.81. The third kappa shape index (κ3) is 3.44. The van der Waals surface area contributed by atoms with Crippen LogP contribution in [-0.4, -0.2) is 31.7 Å². The Morgan fingerprint density at radius 1 is 1.48 bits per heavy atom. The van der Waals surface area contributed by atoms with Gasteiger partial charge in [-0.05, 0) is 19.9 Å². The highest BCUT2D eigenvalue weighted by atomic mass is 31.2. The van der Waals surface area contributed by atoms with Crippen molar-refractivity contribution in [2.45, 2.75) is 32.5 Å². The minimum Gasteiger partial charge on any atom is -0.479 e. The van der Waals surface area contributed by atoms with Crippen molar-refractivity contribution in [1.29, 1.82) is 0 Å². The van der Waals surface area contributed by atoms with Crippen LogP contribution in [0.5, 0.6) is 0 Å². The van der Waals surface area contributed by atoms with E-state index in [1.165, 1.54) is 19.2 Å². The molecular weight excluding hydrogens is 303 g/mol. The lowest BCUT2D eigenvalue weighted by Crippen LogP contribution is -2.44. The van der Waals surface area contributed by atoms with Gasteiger partial charge < -0.3 is 19.4 Å². The normalized spacial score (nSPS) is 22.4. The van der Waals surface area contributed by atoms with E-state index in [1.54, 1.807) is 6.92 Å². The number of aromatic nitrogens is 2. The van der Waals surface area contributed by atoms with Gasteiger partial charge in [-0.2, -0.15) is 0 Å². The molecule has 0 saturated heterocycles. The largest absolute Gasteiger partial charge is 0.479 e. The first-order valence-electron chi connectivity index (χ1n) is 6.11. The van der Waals surface area contributed by atoms with Crippen LogP contribution in [0.1, 0.15) is 18.9 Å². The molecule has 2 rings (SSSR count). The first kappa shape index (κ1) is 15.6. The molecule has 21 heavy (non-hydrogen) atoms. The molecule has 0 spiro atoms. The highest BCUT2D eigenvalue weighted by Crippen LogP contribution is 2.47. The first-order valence-corrected chi connectivity index (χ1v) is 7.72. The summed E-state index contributed by atoms with van der Waals surface area (Å²) in [6.07, 6.45) is 1.34. The van der Waals surface area contributed by atoms with Gasteiger partial charge in [0, 0.05) is 12.0 Å². The fourth-order valence-corrected chi connectivity index (χ4v) is 2.45. The van der Waals surface area contributed by atoms with Gasteiger partial charge >= 0.3 is 13.3 Å². The van der Waals surface area contributed by atoms with Crippen LogP contribution < -0.4 is 16.1 Å². The fraction of sp³-hybridized carbons (Fsp3) is 0.455. The molecule has 2 heterocycles. The van der Waals surface area contributed by atoms with Gasteiger partial charge in [0.2, 0.25) is 5.50 Å². The summed E-state index contributed by atoms with van der Waals surface area (Å²) in [6, 6.07) is 0. The molecular formula is C11H15N2O7P. The number of nitrogens with one attached hydrogen (secondary N) is 1. The van der Waals surface area contributed by atoms with Crippen LogP contribution in [0, 0.1) is 6.92 Å². The van der Waals surface area contributed by atoms with Crippen LogP contribution >= 0.6 is 7.60 Å². The number of hydrogen-bond donors (Lipinski definition) is 3. The maximum Gasteiger partial charge on any atom is 0.390 e. The van der Waals surface area contributed by atoms with Crippen LogP contribution in [0.25, 0.3) is 0 Å². The summed E-state index contributed by atoms with van der Waals surface area (Å²) in [5.74, 6) is 0. The summed E-state index contributed by atoms with van der Waals surface area (Å²) < 4.78 is 17.1. The van der Waals surface area contributed by atoms with E-state index in [0.29, 0.717) is 5.56 Å². The molecule has 1 aliphatic heterocycles. The van der Waals surface area contributed by atoms with Gasteiger partial charge in [0.05, 0.1) is 6.20 Å². The maximum atomic E-state index is 11.6. The van der Waals surface area contributed by atoms with Crippen LogP contribution in [0.15, 0.2) is 27.4 Å². The maximum absolute atomic E-state index is 11.6. The van der Waals surface area contributed by atoms with E-state index in [9.17, 15) is 14.2 Å². The minimum atomic E-state index is -4.44. The molecule has 10 heteroatoms. The smallest absolute Gasteiger partial charge is 0.390 e. The Balaban J connectivity index is 2.21. The van der Waals surface area contributed by atoms with E-state index in [2.05, 4.69) is 4.98 Å². The Morgan fingerprint density at radius 2 is 2.14 bits per heavy atom. The second-order valence-corrected chi connectivity index (χ2v) is 6.21. The summed E-state index contributed by atoms with van der Waals surface area (Å²) in [6.45, 7) is 3.08. The Labute approximate surface area is 118 Å². The van der Waals surface area contributed by atoms with Gasteiger partial charge in [-0.3, -0.25) is 14.3 Å². The zero-order chi connectivity index (χ0) is 15.8. The van der Waals surface area contributed by atoms with Crippen molar-refractivity contribution in [3.63, 3.8) is 0 Å². The van der Waals surface area contributed by atoms with Crippen LogP contribution in [0.4, 0.5) is 0 Å². The lowest BCUT2D eigenvalue weighted by atomic mass is 10.1. The highest BCUT2D eigenvalue weighted by Gasteiger charge is 2.33. The molecule has 2 atom stereocenters. The van der Waals surface area contributed by atoms with E-state index in [-0.39, 0.29) is 6.42 Å². The molecule has 116 valence electrons. The molecule has 1 aromatic heterocycles. The van der Waals surface area contributed by atoms with E-state index < -0.39 is 36.6 Å². The third-order valence-electron chi connectivity index (χ3n) is 2.98. The number of aryl methyl sites for hydroxylation is 1. The zero-order valence-electron chi connectivity index (χ0n) is 11.3. The van der Waals surface area contributed by atoms with Gasteiger partial charge in [0.25, 0.3) is 5.56 Å². The molecule has 3 N–H and O–H groups in total. The standard InChI is InChI=1S/C11H15N2O7P/c1-6-5-13(11(15)12-10(6)14)20-8-3-4-9(19-7(8)2)21(16,17)18/h4-5,7-8H,3H2,1-2H3,(H,12,14,15)(H2,16,17,18)/t7-,8-/m0/s1. The van der Waals surface area contributed by atoms with Gasteiger partial charge in [-0.1, -0.05) is 0 Å². The molecule has 0 unspecified atom stereocenters. The first-order chi connectivity index (χ1) is 9.68. The van der Waals surface area contributed by atoms with E-state index in [1.807, 2.05) is 0 Å². The number of H-pyrrole nitrogens is 1. The molecule has 0 radical (unpaired) electrons. The quantitative estimate of drug-likeness (QED) is 0.638. The van der Waals surface area contributed by atoms with Crippen molar-refractivity contribution in [3.8, 4) is 0 Å². The predicted molar refractivity (Wildman–Crippen MR) is 71.7 cm³/mol. The van der Waals surface area contributed by atoms with Crippen molar-refractivity contribution in [2.24, 2.45) is 0 Å². The lowest BCUT2D eigenvalue weighted by Gasteiger charge is -2.29. The zero-order valence-corrected chi connectivity index (χ0v) is 12.2. The van der Waals surface area contributed by atoms with Crippen molar-refractivity contribution < 1.29 is 23.9 Å². The monoisotopic (exact) mass is 318 g/mol. The van der Waals surface area contributed by atoms with Crippen LogP contribution in [0.2, 0.25) is 0 Å². The third-order valence-corrected chi connectivity index (χ3v) is 3.84. The topological polar surface area (TPSA) is 131 Å². The molecule has 1 aliphatic rings. The summed E-state index contributed by atoms with van der Waals surface area (Å²) in [7, 11) is -4.44. The number of nitrogens with zero attached hydrogens (tertiary/aromatic N) is 1. The molecule has 0 bridgehead atoms. The number of ether oxygens (including phenoxy) is 1. The van der Waals surface area contributed by atoms with E-state index in [4.69, 9.17) is 19.4 Å². The van der Waals surface area contributed by atoms with Crippen molar-refractivity contribution in [1.82, 2.24) is 9.71 Å². The van der Waals surface area contributed by atoms with E-state index >= 15 is 0 Å². The minimum absolute atomic E-state index is 0.159. The summed E-state index contributed by atoms with van der Waals surface area (Å²) in [5, 5.41) is 0. The molecule has 1 aromatic rings. The molecule has 9 nitrogen and oxygen atoms in total. The second-order valence-electron chi connectivity index (χ2n) is 4.69. The summed E-state index contributed by atoms with van der Waals surface area (Å²) >= 11 is 0. The average molecular weight is 318 g/mol. The van der Waals surface area contributed by atoms with E-state index in [0.717, 1.165) is 4.73 Å². The van der Waals surface area contributed by atoms with Gasteiger partial charge in [-0.15, -0.1) is 4.73 Å². The highest BCUT2D eigenvalue weighted by molar-refractivity contribution is 7.56. The summed E-state index contributed by atoms with van der Waals surface area (Å²) in [5.41, 5.74) is -1.34. The van der Waals surface area contributed by atoms with Crippen molar-refractivity contribution in [3.05, 3.63) is 44.2 Å². The predicted octanol–water partition coefficient (Wildman–Crippen LogP) is -0.530. The Morgan fingerprint density at radius 3 is 2.71 bits per heavy atom. The van der Waals surface area contributed by atoms with Gasteiger partial charge in [0.15, 0.2) is 6.10 Å². The van der Waals surface area contributed by atoms with Crippen LogP contribution in [-0.2, 0) is 9.30 Å². The second kappa shape index (κ2) is 5.51. The van der Waals surface area contributed by atoms with Crippen molar-refractivity contribution >= 4 is 7.60 Å². The number of aromatic amines is 1. The van der Waals surface area contributed by atoms with Gasteiger partial charge in [-0.25, -0.2) is 4.79 Å². The van der Waals surface area contributed by atoms with Crippen LogP contribution in [0.3, 0.4) is 0 Å². The Hall–Kier alpha value is -1.83. The average Bonchev–Trinajstić information content (AvgIpc) is 2.36. The SMILES string of the molecule is Cc1cn(O[C@H]2CC=C(P(=O)(O)O)O[C@H]2C)c(=O)[nH]c1=O. The molecule has 0 fully saturated rings. The lowest BCUT2D eigenvalue weighted by molar-refractivity contribution is -0.0587. The Kier molecular flexibility index (Phi) is 4.08. The van der Waals surface area contributed by atoms with Crippen molar-refractivity contribution in [2.75, 3.05) is 0 Å². The number of rotatable bonds is 3. The molecule has 0 aliphatic carbocycles. The molecule has 0 amide bonds. The Bertz CT molecular complexity index is 729. The van der Waals surface area contributed by atoms with Gasteiger partial charge in [0.1, 0.15) is 6.10 Å². The molecule has 0 saturated carbocycles. The summed E-state index contributed by atoms with van der Waals surface area (Å²) in [4.78, 5) is 48.4.